The van der Waals surface area contributed by atoms with Gasteiger partial charge < -0.3 is 10.6 Å². The van der Waals surface area contributed by atoms with Gasteiger partial charge in [0.15, 0.2) is 0 Å². The Morgan fingerprint density at radius 3 is 2.61 bits per heavy atom. The van der Waals surface area contributed by atoms with Crippen LogP contribution in [0, 0.1) is 21.7 Å². The Labute approximate surface area is 102 Å². The average Bonchev–Trinajstić information content (AvgIpc) is 2.28. The van der Waals surface area contributed by atoms with Crippen LogP contribution in [0.1, 0.15) is 12.8 Å². The maximum atomic E-state index is 13.4. The number of hydrogen-bond acceptors (Lipinski definition) is 4. The highest BCUT2D eigenvalue weighted by Gasteiger charge is 2.24. The molecular weight excluding hydrogens is 244 g/mol. The molecule has 18 heavy (non-hydrogen) atoms. The monoisotopic (exact) mass is 257 g/mol. The molecular formula is C11H13F2N3O2. The van der Waals surface area contributed by atoms with Crippen LogP contribution in [0.3, 0.4) is 0 Å². The normalized spacial score (nSPS) is 16.6. The van der Waals surface area contributed by atoms with E-state index in [1.54, 1.807) is 0 Å². The first-order valence-electron chi connectivity index (χ1n) is 5.68. The molecule has 0 amide bonds. The van der Waals surface area contributed by atoms with Gasteiger partial charge in [0.2, 0.25) is 5.82 Å². The van der Waals surface area contributed by atoms with Crippen LogP contribution in [0.15, 0.2) is 12.1 Å². The molecule has 0 unspecified atom stereocenters. The van der Waals surface area contributed by atoms with Crippen molar-refractivity contribution in [2.75, 3.05) is 18.4 Å². The predicted molar refractivity (Wildman–Crippen MR) is 62.5 cm³/mol. The van der Waals surface area contributed by atoms with E-state index in [9.17, 15) is 18.9 Å². The van der Waals surface area contributed by atoms with Crippen LogP contribution >= 0.6 is 0 Å². The van der Waals surface area contributed by atoms with E-state index >= 15 is 0 Å². The van der Waals surface area contributed by atoms with Gasteiger partial charge in [-0.2, -0.15) is 4.39 Å². The van der Waals surface area contributed by atoms with Crippen molar-refractivity contribution in [1.82, 2.24) is 5.32 Å². The zero-order chi connectivity index (χ0) is 13.1. The minimum Gasteiger partial charge on any atom is -0.376 e. The van der Waals surface area contributed by atoms with Gasteiger partial charge in [0.1, 0.15) is 11.5 Å². The molecule has 2 N–H and O–H groups in total. The molecule has 0 bridgehead atoms. The topological polar surface area (TPSA) is 67.2 Å². The van der Waals surface area contributed by atoms with Gasteiger partial charge in [0.25, 0.3) is 0 Å². The van der Waals surface area contributed by atoms with Crippen LogP contribution in [0.5, 0.6) is 0 Å². The van der Waals surface area contributed by atoms with Crippen LogP contribution in [-0.4, -0.2) is 24.1 Å². The molecule has 0 atom stereocenters. The van der Waals surface area contributed by atoms with Crippen molar-refractivity contribution in [2.24, 2.45) is 0 Å². The Balaban J connectivity index is 2.27. The summed E-state index contributed by atoms with van der Waals surface area (Å²) in [7, 11) is 0. The molecule has 7 heteroatoms. The lowest BCUT2D eigenvalue weighted by molar-refractivity contribution is -0.386. The van der Waals surface area contributed by atoms with E-state index in [1.807, 2.05) is 0 Å². The molecule has 1 aromatic rings. The second-order valence-corrected chi connectivity index (χ2v) is 4.21. The lowest BCUT2D eigenvalue weighted by Gasteiger charge is -2.24. The van der Waals surface area contributed by atoms with Gasteiger partial charge in [-0.3, -0.25) is 10.1 Å². The number of hydrogen-bond donors (Lipinski definition) is 2. The van der Waals surface area contributed by atoms with E-state index in [0.717, 1.165) is 32.0 Å². The Hall–Kier alpha value is -1.76. The molecule has 0 spiro atoms. The second-order valence-electron chi connectivity index (χ2n) is 4.21. The summed E-state index contributed by atoms with van der Waals surface area (Å²) in [6.45, 7) is 1.56. The lowest BCUT2D eigenvalue weighted by atomic mass is 10.1. The minimum atomic E-state index is -1.16. The Morgan fingerprint density at radius 1 is 1.33 bits per heavy atom. The van der Waals surface area contributed by atoms with Crippen molar-refractivity contribution in [2.45, 2.75) is 18.9 Å². The fourth-order valence-corrected chi connectivity index (χ4v) is 2.05. The zero-order valence-electron chi connectivity index (χ0n) is 9.58. The highest BCUT2D eigenvalue weighted by Crippen LogP contribution is 2.30. The first-order chi connectivity index (χ1) is 8.58. The first-order valence-corrected chi connectivity index (χ1v) is 5.68. The van der Waals surface area contributed by atoms with Gasteiger partial charge in [-0.05, 0) is 25.9 Å². The summed E-state index contributed by atoms with van der Waals surface area (Å²) in [5.41, 5.74) is -0.792. The molecule has 0 saturated carbocycles. The smallest absolute Gasteiger partial charge is 0.327 e. The van der Waals surface area contributed by atoms with Gasteiger partial charge in [-0.25, -0.2) is 4.39 Å². The minimum absolute atomic E-state index is 0.00819. The SMILES string of the molecule is O=[N+]([O-])c1c(F)cc(F)cc1NC1CCNCC1. The summed E-state index contributed by atoms with van der Waals surface area (Å²) >= 11 is 0. The largest absolute Gasteiger partial charge is 0.376 e. The van der Waals surface area contributed by atoms with Crippen molar-refractivity contribution in [3.63, 3.8) is 0 Å². The lowest BCUT2D eigenvalue weighted by Crippen LogP contribution is -2.35. The summed E-state index contributed by atoms with van der Waals surface area (Å²) in [6.07, 6.45) is 1.52. The maximum absolute atomic E-state index is 13.4. The number of nitro benzene ring substituents is 1. The summed E-state index contributed by atoms with van der Waals surface area (Å²) in [5.74, 6) is -1.98. The van der Waals surface area contributed by atoms with Gasteiger partial charge in [-0.15, -0.1) is 0 Å². The number of piperidine rings is 1. The first kappa shape index (κ1) is 12.7. The average molecular weight is 257 g/mol. The Bertz CT molecular complexity index is 462. The van der Waals surface area contributed by atoms with E-state index in [0.29, 0.717) is 6.07 Å². The number of rotatable bonds is 3. The van der Waals surface area contributed by atoms with Crippen molar-refractivity contribution in [1.29, 1.82) is 0 Å². The molecule has 2 rings (SSSR count). The molecule has 1 aromatic carbocycles. The van der Waals surface area contributed by atoms with Gasteiger partial charge in [0.05, 0.1) is 4.92 Å². The van der Waals surface area contributed by atoms with Crippen LogP contribution in [-0.2, 0) is 0 Å². The Kier molecular flexibility index (Phi) is 3.71. The summed E-state index contributed by atoms with van der Waals surface area (Å²) in [5, 5.41) is 16.8. The number of nitro groups is 1. The highest BCUT2D eigenvalue weighted by atomic mass is 19.1. The molecule has 0 aromatic heterocycles. The van der Waals surface area contributed by atoms with E-state index < -0.39 is 22.2 Å². The molecule has 0 radical (unpaired) electrons. The third-order valence-corrected chi connectivity index (χ3v) is 2.91. The van der Waals surface area contributed by atoms with Crippen LogP contribution in [0.4, 0.5) is 20.2 Å². The second kappa shape index (κ2) is 5.26. The third kappa shape index (κ3) is 2.73. The van der Waals surface area contributed by atoms with E-state index in [2.05, 4.69) is 10.6 Å². The van der Waals surface area contributed by atoms with Gasteiger partial charge in [0, 0.05) is 18.2 Å². The van der Waals surface area contributed by atoms with Crippen molar-refractivity contribution in [3.05, 3.63) is 33.9 Å². The summed E-state index contributed by atoms with van der Waals surface area (Å²) < 4.78 is 26.5. The molecule has 1 saturated heterocycles. The number of anilines is 1. The standard InChI is InChI=1S/C11H13F2N3O2/c12-7-5-9(13)11(16(17)18)10(6-7)15-8-1-3-14-4-2-8/h5-6,8,14-15H,1-4H2. The van der Waals surface area contributed by atoms with E-state index in [4.69, 9.17) is 0 Å². The molecule has 5 nitrogen and oxygen atoms in total. The van der Waals surface area contributed by atoms with Gasteiger partial charge >= 0.3 is 5.69 Å². The molecule has 98 valence electrons. The molecule has 1 heterocycles. The van der Waals surface area contributed by atoms with E-state index in [-0.39, 0.29) is 11.7 Å². The number of nitrogens with zero attached hydrogens (tertiary/aromatic N) is 1. The zero-order valence-corrected chi connectivity index (χ0v) is 9.58. The summed E-state index contributed by atoms with van der Waals surface area (Å²) in [4.78, 5) is 9.95. The van der Waals surface area contributed by atoms with E-state index in [1.165, 1.54) is 0 Å². The Morgan fingerprint density at radius 2 is 2.00 bits per heavy atom. The number of nitrogens with one attached hydrogen (secondary N) is 2. The van der Waals surface area contributed by atoms with Crippen molar-refractivity contribution in [3.8, 4) is 0 Å². The number of benzene rings is 1. The maximum Gasteiger partial charge on any atom is 0.327 e. The van der Waals surface area contributed by atoms with Crippen molar-refractivity contribution >= 4 is 11.4 Å². The van der Waals surface area contributed by atoms with Crippen molar-refractivity contribution < 1.29 is 13.7 Å². The molecule has 1 fully saturated rings. The molecule has 0 aliphatic carbocycles. The fraction of sp³-hybridized carbons (Fsp3) is 0.455. The molecule has 1 aliphatic heterocycles. The quantitative estimate of drug-likeness (QED) is 0.642. The fourth-order valence-electron chi connectivity index (χ4n) is 2.05. The summed E-state index contributed by atoms with van der Waals surface area (Å²) in [6, 6.07) is 1.47. The van der Waals surface area contributed by atoms with Crippen LogP contribution in [0.25, 0.3) is 0 Å². The highest BCUT2D eigenvalue weighted by molar-refractivity contribution is 5.62. The van der Waals surface area contributed by atoms with Crippen LogP contribution < -0.4 is 10.6 Å². The predicted octanol–water partition coefficient (Wildman–Crippen LogP) is 2.04. The third-order valence-electron chi connectivity index (χ3n) is 2.91. The van der Waals surface area contributed by atoms with Crippen LogP contribution in [0.2, 0.25) is 0 Å². The molecule has 1 aliphatic rings. The number of halogens is 2. The van der Waals surface area contributed by atoms with Gasteiger partial charge in [-0.1, -0.05) is 0 Å².